The molecular formula is C36H58Cl2F6N6O4. The summed E-state index contributed by atoms with van der Waals surface area (Å²) in [5.74, 6) is 0. The van der Waals surface area contributed by atoms with Crippen LogP contribution in [-0.4, -0.2) is 47.9 Å². The number of benzene rings is 2. The van der Waals surface area contributed by atoms with Gasteiger partial charge in [-0.3, -0.25) is 0 Å². The van der Waals surface area contributed by atoms with Gasteiger partial charge in [0.25, 0.3) is 0 Å². The first-order valence-electron chi connectivity index (χ1n) is 16.0. The van der Waals surface area contributed by atoms with E-state index >= 15 is 0 Å². The van der Waals surface area contributed by atoms with Crippen molar-refractivity contribution in [1.82, 2.24) is 16.0 Å². The number of alkyl halides is 6. The maximum atomic E-state index is 12.5. The second-order valence-corrected chi connectivity index (χ2v) is 13.2. The summed E-state index contributed by atoms with van der Waals surface area (Å²) in [6.45, 7) is 5.38. The van der Waals surface area contributed by atoms with Gasteiger partial charge in [0, 0.05) is 35.5 Å². The molecule has 2 aromatic rings. The molecule has 312 valence electrons. The van der Waals surface area contributed by atoms with Gasteiger partial charge >= 0.3 is 30.5 Å². The van der Waals surface area contributed by atoms with Crippen molar-refractivity contribution < 1.29 is 45.5 Å². The number of anilines is 2. The molecule has 0 heterocycles. The Morgan fingerprint density at radius 3 is 1.17 bits per heavy atom. The van der Waals surface area contributed by atoms with E-state index in [4.69, 9.17) is 10.5 Å². The molecule has 0 radical (unpaired) electrons. The highest BCUT2D eigenvalue weighted by atomic mass is 35.5. The van der Waals surface area contributed by atoms with Crippen LogP contribution in [0.25, 0.3) is 0 Å². The van der Waals surface area contributed by atoms with Gasteiger partial charge in [0.05, 0.1) is 11.1 Å². The molecule has 2 fully saturated rings. The summed E-state index contributed by atoms with van der Waals surface area (Å²) in [6, 6.07) is 7.93. The number of alkyl carbamates (subject to hydrolysis) is 1. The van der Waals surface area contributed by atoms with E-state index in [1.807, 2.05) is 0 Å². The van der Waals surface area contributed by atoms with Crippen molar-refractivity contribution in [2.75, 3.05) is 10.6 Å². The monoisotopic (exact) mass is 822 g/mol. The third kappa shape index (κ3) is 20.2. The molecule has 4 rings (SSSR count). The fourth-order valence-corrected chi connectivity index (χ4v) is 5.31. The van der Waals surface area contributed by atoms with Gasteiger partial charge < -0.3 is 37.1 Å². The normalized spacial score (nSPS) is 19.3. The van der Waals surface area contributed by atoms with Crippen molar-refractivity contribution in [3.8, 4) is 0 Å². The number of ether oxygens (including phenoxy) is 1. The number of nitrogens with one attached hydrogen (secondary N) is 5. The predicted octanol–water partition coefficient (Wildman–Crippen LogP) is 10.5. The molecule has 10 nitrogen and oxygen atoms in total. The van der Waals surface area contributed by atoms with Crippen molar-refractivity contribution in [2.45, 2.75) is 137 Å². The molecule has 2 aliphatic carbocycles. The number of hydrogen-bond acceptors (Lipinski definition) is 5. The molecule has 7 N–H and O–H groups in total. The van der Waals surface area contributed by atoms with Crippen LogP contribution in [0.5, 0.6) is 0 Å². The lowest BCUT2D eigenvalue weighted by Crippen LogP contribution is -2.45. The van der Waals surface area contributed by atoms with Crippen LogP contribution in [0, 0.1) is 0 Å². The lowest BCUT2D eigenvalue weighted by molar-refractivity contribution is -0.138. The summed E-state index contributed by atoms with van der Waals surface area (Å²) in [5.41, 5.74) is 4.32. The predicted molar refractivity (Wildman–Crippen MR) is 208 cm³/mol. The highest BCUT2D eigenvalue weighted by Gasteiger charge is 2.31. The fraction of sp³-hybridized carbons (Fsp3) is 0.583. The standard InChI is InChI=1S/C19H26F3N3O3.C14H18F3N3O.3CH4.2ClH/c1-18(2,3)28-17(27)25-15-10-8-14(9-11-15)24-16(26)23-13-6-4-12(5-7-13)19(20,21)22;15-14(16,17)9-1-5-11(6-2-9)19-13(21)20-12-7-3-10(18)4-8-12;;;;;/h4-7,14-15H,8-11H2,1-3H3,(H,25,27)(H2,23,24,26);1-2,5-6,10,12H,3-4,7-8,18H2,(H2,19,20,21);3*1H4;2*1H. The average Bonchev–Trinajstić information content (AvgIpc) is 2.98. The number of hydrogen-bond donors (Lipinski definition) is 6. The zero-order valence-corrected chi connectivity index (χ0v) is 30.0. The minimum atomic E-state index is -4.41. The molecule has 0 aliphatic heterocycles. The van der Waals surface area contributed by atoms with Crippen LogP contribution in [-0.2, 0) is 17.1 Å². The van der Waals surface area contributed by atoms with E-state index in [1.54, 1.807) is 20.8 Å². The minimum Gasteiger partial charge on any atom is -0.444 e. The topological polar surface area (TPSA) is 147 Å². The third-order valence-corrected chi connectivity index (χ3v) is 7.83. The molecule has 5 amide bonds. The summed E-state index contributed by atoms with van der Waals surface area (Å²) in [4.78, 5) is 35.6. The van der Waals surface area contributed by atoms with Crippen molar-refractivity contribution in [3.05, 3.63) is 59.7 Å². The van der Waals surface area contributed by atoms with Gasteiger partial charge in [-0.15, -0.1) is 24.8 Å². The Morgan fingerprint density at radius 2 is 0.870 bits per heavy atom. The number of amides is 5. The number of halogens is 8. The van der Waals surface area contributed by atoms with Gasteiger partial charge in [0.1, 0.15) is 5.60 Å². The van der Waals surface area contributed by atoms with Crippen molar-refractivity contribution in [2.24, 2.45) is 5.73 Å². The van der Waals surface area contributed by atoms with Gasteiger partial charge in [-0.05, 0) is 121 Å². The number of urea groups is 2. The molecular weight excluding hydrogens is 765 g/mol. The van der Waals surface area contributed by atoms with Gasteiger partial charge in [-0.1, -0.05) is 22.3 Å². The molecule has 0 saturated heterocycles. The van der Waals surface area contributed by atoms with Gasteiger partial charge in [0.15, 0.2) is 0 Å². The van der Waals surface area contributed by atoms with Crippen molar-refractivity contribution >= 4 is 54.3 Å². The Bertz CT molecular complexity index is 1380. The summed E-state index contributed by atoms with van der Waals surface area (Å²) >= 11 is 0. The van der Waals surface area contributed by atoms with Gasteiger partial charge in [0.2, 0.25) is 0 Å². The first-order valence-corrected chi connectivity index (χ1v) is 16.0. The smallest absolute Gasteiger partial charge is 0.416 e. The first-order chi connectivity index (χ1) is 22.8. The van der Waals surface area contributed by atoms with E-state index in [2.05, 4.69) is 26.6 Å². The second-order valence-electron chi connectivity index (χ2n) is 13.2. The Labute approximate surface area is 327 Å². The van der Waals surface area contributed by atoms with Gasteiger partial charge in [-0.25, -0.2) is 14.4 Å². The molecule has 0 bridgehead atoms. The Hall–Kier alpha value is -3.63. The van der Waals surface area contributed by atoms with E-state index in [9.17, 15) is 40.7 Å². The highest BCUT2D eigenvalue weighted by molar-refractivity contribution is 5.90. The van der Waals surface area contributed by atoms with E-state index in [0.29, 0.717) is 31.4 Å². The molecule has 0 unspecified atom stereocenters. The lowest BCUT2D eigenvalue weighted by atomic mass is 9.91. The average molecular weight is 824 g/mol. The van der Waals surface area contributed by atoms with Crippen LogP contribution in [0.4, 0.5) is 52.1 Å². The highest BCUT2D eigenvalue weighted by Crippen LogP contribution is 2.31. The van der Waals surface area contributed by atoms with Gasteiger partial charge in [-0.2, -0.15) is 26.3 Å². The molecule has 18 heteroatoms. The summed E-state index contributed by atoms with van der Waals surface area (Å²) in [5, 5.41) is 13.5. The third-order valence-electron chi connectivity index (χ3n) is 7.83. The molecule has 0 spiro atoms. The van der Waals surface area contributed by atoms with E-state index < -0.39 is 47.2 Å². The zero-order chi connectivity index (χ0) is 36.4. The zero-order valence-electron chi connectivity index (χ0n) is 28.4. The summed E-state index contributed by atoms with van der Waals surface area (Å²) in [6.07, 6.45) is -3.10. The van der Waals surface area contributed by atoms with Crippen LogP contribution < -0.4 is 32.3 Å². The van der Waals surface area contributed by atoms with E-state index in [-0.39, 0.29) is 76.9 Å². The Kier molecular flexibility index (Phi) is 24.3. The van der Waals surface area contributed by atoms with Crippen LogP contribution in [0.15, 0.2) is 48.5 Å². The largest absolute Gasteiger partial charge is 0.444 e. The molecule has 54 heavy (non-hydrogen) atoms. The van der Waals surface area contributed by atoms with E-state index in [1.165, 1.54) is 24.3 Å². The Morgan fingerprint density at radius 1 is 0.574 bits per heavy atom. The minimum absolute atomic E-state index is 0. The van der Waals surface area contributed by atoms with Crippen molar-refractivity contribution in [3.63, 3.8) is 0 Å². The quantitative estimate of drug-likeness (QED) is 0.166. The second kappa shape index (κ2) is 24.0. The molecule has 2 aliphatic rings. The fourth-order valence-electron chi connectivity index (χ4n) is 5.31. The van der Waals surface area contributed by atoms with Crippen LogP contribution in [0.3, 0.4) is 0 Å². The molecule has 0 atom stereocenters. The SMILES string of the molecule is C.C.C.CC(C)(C)OC(=O)NC1CCC(NC(=O)Nc2ccc(C(F)(F)F)cc2)CC1.Cl.Cl.NC1CCC(NC(=O)Nc2ccc(C(F)(F)F)cc2)CC1. The van der Waals surface area contributed by atoms with Crippen LogP contribution in [0.2, 0.25) is 0 Å². The van der Waals surface area contributed by atoms with Crippen molar-refractivity contribution in [1.29, 1.82) is 0 Å². The molecule has 2 saturated carbocycles. The number of rotatable bonds is 5. The number of carbonyl (C=O) groups is 3. The van der Waals surface area contributed by atoms with E-state index in [0.717, 1.165) is 49.9 Å². The Balaban J connectivity index is -0.000000909. The first kappa shape index (κ1) is 54.7. The number of nitrogens with two attached hydrogens (primary N) is 1. The summed E-state index contributed by atoms with van der Waals surface area (Å²) < 4.78 is 80.1. The lowest BCUT2D eigenvalue weighted by Gasteiger charge is -2.30. The maximum Gasteiger partial charge on any atom is 0.416 e. The molecule has 2 aromatic carbocycles. The maximum absolute atomic E-state index is 12.5. The number of carbonyl (C=O) groups excluding carboxylic acids is 3. The van der Waals surface area contributed by atoms with Crippen LogP contribution >= 0.6 is 24.8 Å². The summed E-state index contributed by atoms with van der Waals surface area (Å²) in [7, 11) is 0. The van der Waals surface area contributed by atoms with Crippen LogP contribution in [0.1, 0.15) is 106 Å². The molecule has 0 aromatic heterocycles.